The fourth-order valence-corrected chi connectivity index (χ4v) is 2.57. The van der Waals surface area contributed by atoms with Crippen LogP contribution in [0.2, 0.25) is 5.15 Å². The molecule has 2 aromatic rings. The Labute approximate surface area is 139 Å². The van der Waals surface area contributed by atoms with Crippen LogP contribution in [0.25, 0.3) is 0 Å². The van der Waals surface area contributed by atoms with Gasteiger partial charge in [-0.1, -0.05) is 30.7 Å². The van der Waals surface area contributed by atoms with E-state index in [2.05, 4.69) is 10.4 Å². The molecule has 1 aromatic heterocycles. The Hall–Kier alpha value is -1.92. The number of hydrogen-bond acceptors (Lipinski definition) is 3. The highest BCUT2D eigenvalue weighted by Gasteiger charge is 2.24. The van der Waals surface area contributed by atoms with Gasteiger partial charge in [-0.2, -0.15) is 5.10 Å². The molecule has 0 aliphatic carbocycles. The number of nitrogens with one attached hydrogen (secondary N) is 1. The van der Waals surface area contributed by atoms with Crippen molar-refractivity contribution < 1.29 is 14.3 Å². The number of aromatic nitrogens is 2. The number of benzene rings is 1. The predicted molar refractivity (Wildman–Crippen MR) is 85.9 cm³/mol. The summed E-state index contributed by atoms with van der Waals surface area (Å²) in [6.45, 7) is 3.55. The molecule has 0 bridgehead atoms. The number of halogens is 2. The molecule has 1 amide bonds. The molecule has 7 heteroatoms. The minimum Gasteiger partial charge on any atom is -0.386 e. The fraction of sp³-hybridized carbons (Fsp3) is 0.375. The summed E-state index contributed by atoms with van der Waals surface area (Å²) in [7, 11) is 1.66. The average molecular weight is 340 g/mol. The smallest absolute Gasteiger partial charge is 0.256 e. The second-order valence-corrected chi connectivity index (χ2v) is 5.71. The molecule has 0 aliphatic rings. The van der Waals surface area contributed by atoms with Gasteiger partial charge in [0.25, 0.3) is 5.91 Å². The van der Waals surface area contributed by atoms with E-state index in [-0.39, 0.29) is 11.0 Å². The summed E-state index contributed by atoms with van der Waals surface area (Å²) in [5.74, 6) is -0.777. The van der Waals surface area contributed by atoms with Crippen molar-refractivity contribution in [1.29, 1.82) is 0 Å². The minimum absolute atomic E-state index is 0.253. The van der Waals surface area contributed by atoms with Crippen LogP contribution < -0.4 is 5.32 Å². The minimum atomic E-state index is -0.958. The zero-order valence-electron chi connectivity index (χ0n) is 13.2. The van der Waals surface area contributed by atoms with Crippen molar-refractivity contribution in [2.45, 2.75) is 32.4 Å². The van der Waals surface area contributed by atoms with Crippen molar-refractivity contribution in [2.24, 2.45) is 7.05 Å². The summed E-state index contributed by atoms with van der Waals surface area (Å²) in [5.41, 5.74) is 1.43. The van der Waals surface area contributed by atoms with Crippen LogP contribution in [0.3, 0.4) is 0 Å². The highest BCUT2D eigenvalue weighted by molar-refractivity contribution is 6.33. The Balaban J connectivity index is 2.15. The van der Waals surface area contributed by atoms with Crippen LogP contribution in [0.5, 0.6) is 0 Å². The number of nitrogens with zero attached hydrogens (tertiary/aromatic N) is 2. The first kappa shape index (κ1) is 17.4. The van der Waals surface area contributed by atoms with Crippen LogP contribution in [0.15, 0.2) is 24.3 Å². The van der Waals surface area contributed by atoms with E-state index in [1.807, 2.05) is 6.92 Å². The molecular weight excluding hydrogens is 321 g/mol. The molecule has 2 rings (SSSR count). The summed E-state index contributed by atoms with van der Waals surface area (Å²) < 4.78 is 14.4. The largest absolute Gasteiger partial charge is 0.386 e. The van der Waals surface area contributed by atoms with Crippen LogP contribution in [0.4, 0.5) is 4.39 Å². The molecule has 2 atom stereocenters. The molecule has 5 nitrogen and oxygen atoms in total. The first-order valence-corrected chi connectivity index (χ1v) is 7.68. The molecule has 0 fully saturated rings. The van der Waals surface area contributed by atoms with E-state index in [0.29, 0.717) is 23.2 Å². The Kier molecular flexibility index (Phi) is 5.38. The fourth-order valence-electron chi connectivity index (χ4n) is 2.33. The molecule has 23 heavy (non-hydrogen) atoms. The van der Waals surface area contributed by atoms with E-state index >= 15 is 0 Å². The zero-order chi connectivity index (χ0) is 17.1. The predicted octanol–water partition coefficient (Wildman–Crippen LogP) is 2.63. The van der Waals surface area contributed by atoms with Gasteiger partial charge >= 0.3 is 0 Å². The summed E-state index contributed by atoms with van der Waals surface area (Å²) >= 11 is 6.12. The summed E-state index contributed by atoms with van der Waals surface area (Å²) in [5, 5.41) is 17.4. The first-order chi connectivity index (χ1) is 10.8. The molecule has 0 saturated carbocycles. The number of hydrogen-bond donors (Lipinski definition) is 2. The quantitative estimate of drug-likeness (QED) is 0.880. The van der Waals surface area contributed by atoms with Crippen LogP contribution >= 0.6 is 11.6 Å². The molecule has 0 radical (unpaired) electrons. The molecule has 0 aliphatic heterocycles. The SMILES string of the molecule is CCc1nn(C)c(Cl)c1C(=O)NC(C)C(O)c1ccc(F)cc1. The highest BCUT2D eigenvalue weighted by Crippen LogP contribution is 2.22. The van der Waals surface area contributed by atoms with Crippen LogP contribution in [0.1, 0.15) is 41.6 Å². The van der Waals surface area contributed by atoms with Crippen molar-refractivity contribution in [1.82, 2.24) is 15.1 Å². The molecule has 0 saturated heterocycles. The third kappa shape index (κ3) is 3.71. The highest BCUT2D eigenvalue weighted by atomic mass is 35.5. The van der Waals surface area contributed by atoms with Gasteiger partial charge in [-0.15, -0.1) is 0 Å². The molecule has 1 aromatic carbocycles. The van der Waals surface area contributed by atoms with Gasteiger partial charge < -0.3 is 10.4 Å². The Morgan fingerprint density at radius 2 is 2.04 bits per heavy atom. The van der Waals surface area contributed by atoms with Crippen LogP contribution in [-0.4, -0.2) is 26.8 Å². The number of carbonyl (C=O) groups excluding carboxylic acids is 1. The lowest BCUT2D eigenvalue weighted by Gasteiger charge is -2.20. The molecule has 1 heterocycles. The monoisotopic (exact) mass is 339 g/mol. The maximum absolute atomic E-state index is 12.9. The molecular formula is C16H19ClFN3O2. The van der Waals surface area contributed by atoms with Gasteiger partial charge in [-0.05, 0) is 31.0 Å². The van der Waals surface area contributed by atoms with Gasteiger partial charge in [-0.25, -0.2) is 4.39 Å². The van der Waals surface area contributed by atoms with E-state index in [1.165, 1.54) is 28.9 Å². The van der Waals surface area contributed by atoms with Gasteiger partial charge in [0, 0.05) is 7.05 Å². The number of amides is 1. The Morgan fingerprint density at radius 1 is 1.43 bits per heavy atom. The maximum atomic E-state index is 12.9. The van der Waals surface area contributed by atoms with E-state index < -0.39 is 18.1 Å². The normalized spacial score (nSPS) is 13.7. The summed E-state index contributed by atoms with van der Waals surface area (Å²) in [6.07, 6.45) is -0.391. The number of aliphatic hydroxyl groups excluding tert-OH is 1. The van der Waals surface area contributed by atoms with E-state index in [0.717, 1.165) is 0 Å². The average Bonchev–Trinajstić information content (AvgIpc) is 2.82. The number of aryl methyl sites for hydroxylation is 2. The van der Waals surface area contributed by atoms with Crippen LogP contribution in [-0.2, 0) is 13.5 Å². The second-order valence-electron chi connectivity index (χ2n) is 5.35. The molecule has 0 spiro atoms. The van der Waals surface area contributed by atoms with Gasteiger partial charge in [0.2, 0.25) is 0 Å². The number of carbonyl (C=O) groups is 1. The third-order valence-electron chi connectivity index (χ3n) is 3.66. The van der Waals surface area contributed by atoms with Crippen molar-refractivity contribution in [2.75, 3.05) is 0 Å². The first-order valence-electron chi connectivity index (χ1n) is 7.30. The second kappa shape index (κ2) is 7.10. The Morgan fingerprint density at radius 3 is 2.61 bits per heavy atom. The lowest BCUT2D eigenvalue weighted by atomic mass is 10.0. The molecule has 2 unspecified atom stereocenters. The number of aliphatic hydroxyl groups is 1. The van der Waals surface area contributed by atoms with Crippen molar-refractivity contribution in [3.8, 4) is 0 Å². The van der Waals surface area contributed by atoms with Gasteiger partial charge in [0.1, 0.15) is 11.0 Å². The summed E-state index contributed by atoms with van der Waals surface area (Å²) in [4.78, 5) is 12.4. The van der Waals surface area contributed by atoms with Crippen LogP contribution in [0, 0.1) is 5.82 Å². The van der Waals surface area contributed by atoms with Gasteiger partial charge in [-0.3, -0.25) is 9.48 Å². The zero-order valence-corrected chi connectivity index (χ0v) is 13.9. The van der Waals surface area contributed by atoms with Crippen molar-refractivity contribution in [3.63, 3.8) is 0 Å². The van der Waals surface area contributed by atoms with E-state index in [4.69, 9.17) is 11.6 Å². The Bertz CT molecular complexity index is 700. The molecule has 124 valence electrons. The number of rotatable bonds is 5. The standard InChI is InChI=1S/C16H19ClFN3O2/c1-4-12-13(15(17)21(3)20-12)16(23)19-9(2)14(22)10-5-7-11(18)8-6-10/h5-9,14,22H,4H2,1-3H3,(H,19,23). The van der Waals surface area contributed by atoms with E-state index in [9.17, 15) is 14.3 Å². The topological polar surface area (TPSA) is 67.2 Å². The summed E-state index contributed by atoms with van der Waals surface area (Å²) in [6, 6.07) is 4.92. The van der Waals surface area contributed by atoms with Crippen molar-refractivity contribution >= 4 is 17.5 Å². The lowest BCUT2D eigenvalue weighted by Crippen LogP contribution is -2.37. The van der Waals surface area contributed by atoms with E-state index in [1.54, 1.807) is 14.0 Å². The maximum Gasteiger partial charge on any atom is 0.256 e. The van der Waals surface area contributed by atoms with Crippen molar-refractivity contribution in [3.05, 3.63) is 52.1 Å². The third-order valence-corrected chi connectivity index (χ3v) is 4.09. The van der Waals surface area contributed by atoms with Gasteiger partial charge in [0.05, 0.1) is 23.4 Å². The van der Waals surface area contributed by atoms with Gasteiger partial charge in [0.15, 0.2) is 0 Å². The lowest BCUT2D eigenvalue weighted by molar-refractivity contribution is 0.0851. The molecule has 2 N–H and O–H groups in total.